The lowest BCUT2D eigenvalue weighted by Crippen LogP contribution is -2.48. The van der Waals surface area contributed by atoms with Gasteiger partial charge in [0.1, 0.15) is 5.75 Å². The van der Waals surface area contributed by atoms with E-state index in [1.807, 2.05) is 0 Å². The van der Waals surface area contributed by atoms with Crippen molar-refractivity contribution in [3.63, 3.8) is 0 Å². The highest BCUT2D eigenvalue weighted by Gasteiger charge is 2.34. The van der Waals surface area contributed by atoms with Crippen LogP contribution in [0.4, 0.5) is 0 Å². The van der Waals surface area contributed by atoms with Gasteiger partial charge in [0, 0.05) is 37.8 Å². The van der Waals surface area contributed by atoms with Gasteiger partial charge in [0.15, 0.2) is 0 Å². The maximum atomic E-state index is 5.70. The van der Waals surface area contributed by atoms with E-state index in [2.05, 4.69) is 63.0 Å². The Balaban J connectivity index is 2.47. The van der Waals surface area contributed by atoms with Crippen LogP contribution in [0.2, 0.25) is 0 Å². The van der Waals surface area contributed by atoms with Gasteiger partial charge in [-0.1, -0.05) is 46.8 Å². The molecule has 1 N–H and O–H groups in total. The van der Waals surface area contributed by atoms with E-state index < -0.39 is 0 Å². The number of hydrogen-bond acceptors (Lipinski definition) is 3. The maximum absolute atomic E-state index is 5.70. The first-order valence-corrected chi connectivity index (χ1v) is 8.47. The van der Waals surface area contributed by atoms with Crippen molar-refractivity contribution in [2.24, 2.45) is 5.41 Å². The minimum Gasteiger partial charge on any atom is -0.496 e. The average Bonchev–Trinajstić information content (AvgIpc) is 2.47. The van der Waals surface area contributed by atoms with Crippen molar-refractivity contribution in [1.82, 2.24) is 10.2 Å². The van der Waals surface area contributed by atoms with Crippen LogP contribution < -0.4 is 10.1 Å². The fraction of sp³-hybridized carbons (Fsp3) is 0.684. The van der Waals surface area contributed by atoms with Crippen molar-refractivity contribution < 1.29 is 4.74 Å². The van der Waals surface area contributed by atoms with E-state index >= 15 is 0 Å². The molecule has 1 aliphatic heterocycles. The van der Waals surface area contributed by atoms with Crippen LogP contribution >= 0.6 is 0 Å². The normalized spacial score (nSPS) is 18.5. The molecule has 3 nitrogen and oxygen atoms in total. The van der Waals surface area contributed by atoms with E-state index in [9.17, 15) is 0 Å². The second kappa shape index (κ2) is 7.01. The van der Waals surface area contributed by atoms with Gasteiger partial charge in [-0.05, 0) is 23.0 Å². The molecule has 2 rings (SSSR count). The average molecular weight is 304 g/mol. The quantitative estimate of drug-likeness (QED) is 0.915. The fourth-order valence-electron chi connectivity index (χ4n) is 3.48. The Labute approximate surface area is 136 Å². The highest BCUT2D eigenvalue weighted by atomic mass is 16.5. The molecule has 0 aliphatic carbocycles. The van der Waals surface area contributed by atoms with Gasteiger partial charge in [-0.15, -0.1) is 0 Å². The highest BCUT2D eigenvalue weighted by Crippen LogP contribution is 2.42. The molecule has 0 bridgehead atoms. The number of nitrogens with one attached hydrogen (secondary N) is 1. The maximum Gasteiger partial charge on any atom is 0.123 e. The minimum absolute atomic E-state index is 0.167. The Hall–Kier alpha value is -1.06. The van der Waals surface area contributed by atoms with Crippen LogP contribution in [0.5, 0.6) is 5.75 Å². The van der Waals surface area contributed by atoms with E-state index in [4.69, 9.17) is 4.74 Å². The van der Waals surface area contributed by atoms with Crippen LogP contribution in [0.25, 0.3) is 0 Å². The summed E-state index contributed by atoms with van der Waals surface area (Å²) < 4.78 is 5.70. The molecule has 1 heterocycles. The SMILES string of the molecule is COc1ccc(C(C)C)cc1[C@H](N1CCNCC1)C(C)(C)C. The third kappa shape index (κ3) is 3.82. The largest absolute Gasteiger partial charge is 0.496 e. The Bertz CT molecular complexity index is 485. The molecule has 0 spiro atoms. The summed E-state index contributed by atoms with van der Waals surface area (Å²) in [5.74, 6) is 1.55. The molecule has 1 atom stereocenters. The summed E-state index contributed by atoms with van der Waals surface area (Å²) in [5.41, 5.74) is 2.89. The Morgan fingerprint density at radius 1 is 1.14 bits per heavy atom. The summed E-state index contributed by atoms with van der Waals surface area (Å²) in [7, 11) is 1.78. The van der Waals surface area contributed by atoms with Gasteiger partial charge in [0.25, 0.3) is 0 Å². The third-order valence-corrected chi connectivity index (χ3v) is 4.55. The van der Waals surface area contributed by atoms with Crippen molar-refractivity contribution in [3.05, 3.63) is 29.3 Å². The summed E-state index contributed by atoms with van der Waals surface area (Å²) >= 11 is 0. The molecule has 1 aliphatic rings. The zero-order chi connectivity index (χ0) is 16.3. The van der Waals surface area contributed by atoms with Crippen LogP contribution in [0.3, 0.4) is 0 Å². The fourth-order valence-corrected chi connectivity index (χ4v) is 3.48. The van der Waals surface area contributed by atoms with Gasteiger partial charge in [0.05, 0.1) is 7.11 Å². The van der Waals surface area contributed by atoms with Crippen LogP contribution in [-0.2, 0) is 0 Å². The van der Waals surface area contributed by atoms with Crippen LogP contribution in [-0.4, -0.2) is 38.2 Å². The van der Waals surface area contributed by atoms with Crippen molar-refractivity contribution in [2.45, 2.75) is 46.6 Å². The molecule has 0 unspecified atom stereocenters. The van der Waals surface area contributed by atoms with Gasteiger partial charge in [-0.2, -0.15) is 0 Å². The second-order valence-corrected chi connectivity index (χ2v) is 7.71. The lowest BCUT2D eigenvalue weighted by atomic mass is 9.79. The molecule has 0 amide bonds. The lowest BCUT2D eigenvalue weighted by molar-refractivity contribution is 0.0841. The number of methoxy groups -OCH3 is 1. The number of ether oxygens (including phenoxy) is 1. The van der Waals surface area contributed by atoms with E-state index in [0.29, 0.717) is 12.0 Å². The molecule has 3 heteroatoms. The first kappa shape index (κ1) is 17.3. The molecular weight excluding hydrogens is 272 g/mol. The number of piperazine rings is 1. The molecule has 1 saturated heterocycles. The van der Waals surface area contributed by atoms with Crippen molar-refractivity contribution >= 4 is 0 Å². The topological polar surface area (TPSA) is 24.5 Å². The van der Waals surface area contributed by atoms with E-state index in [0.717, 1.165) is 31.9 Å². The summed E-state index contributed by atoms with van der Waals surface area (Å²) in [6, 6.07) is 7.08. The first-order chi connectivity index (χ1) is 10.3. The molecule has 1 aromatic rings. The van der Waals surface area contributed by atoms with Crippen LogP contribution in [0, 0.1) is 5.41 Å². The Morgan fingerprint density at radius 3 is 2.27 bits per heavy atom. The number of rotatable bonds is 4. The van der Waals surface area contributed by atoms with E-state index in [1.165, 1.54) is 11.1 Å². The van der Waals surface area contributed by atoms with Gasteiger partial charge in [-0.25, -0.2) is 0 Å². The molecule has 0 saturated carbocycles. The van der Waals surface area contributed by atoms with Gasteiger partial charge in [-0.3, -0.25) is 4.90 Å². The summed E-state index contributed by atoms with van der Waals surface area (Å²) in [6.45, 7) is 15.8. The van der Waals surface area contributed by atoms with Crippen molar-refractivity contribution in [2.75, 3.05) is 33.3 Å². The summed E-state index contributed by atoms with van der Waals surface area (Å²) in [5, 5.41) is 3.46. The van der Waals surface area contributed by atoms with Crippen molar-refractivity contribution in [3.8, 4) is 5.75 Å². The molecule has 0 radical (unpaired) electrons. The highest BCUT2D eigenvalue weighted by molar-refractivity contribution is 5.41. The minimum atomic E-state index is 0.167. The zero-order valence-electron chi connectivity index (χ0n) is 15.1. The predicted octanol–water partition coefficient (Wildman–Crippen LogP) is 3.81. The standard InChI is InChI=1S/C19H32N2O/c1-14(2)15-7-8-17(22-6)16(13-15)18(19(3,4)5)21-11-9-20-10-12-21/h7-8,13-14,18,20H,9-12H2,1-6H3/t18-/m0/s1. The third-order valence-electron chi connectivity index (χ3n) is 4.55. The Morgan fingerprint density at radius 2 is 1.77 bits per heavy atom. The molecule has 124 valence electrons. The smallest absolute Gasteiger partial charge is 0.123 e. The zero-order valence-corrected chi connectivity index (χ0v) is 15.1. The summed E-state index contributed by atoms with van der Waals surface area (Å²) in [6.07, 6.45) is 0. The van der Waals surface area contributed by atoms with Gasteiger partial charge < -0.3 is 10.1 Å². The molecule has 0 aromatic heterocycles. The van der Waals surface area contributed by atoms with Gasteiger partial charge in [0.2, 0.25) is 0 Å². The summed E-state index contributed by atoms with van der Waals surface area (Å²) in [4.78, 5) is 2.61. The molecule has 1 aromatic carbocycles. The van der Waals surface area contributed by atoms with Gasteiger partial charge >= 0.3 is 0 Å². The van der Waals surface area contributed by atoms with Crippen molar-refractivity contribution in [1.29, 1.82) is 0 Å². The first-order valence-electron chi connectivity index (χ1n) is 8.47. The van der Waals surface area contributed by atoms with E-state index in [1.54, 1.807) is 7.11 Å². The number of benzene rings is 1. The van der Waals surface area contributed by atoms with Crippen LogP contribution in [0.15, 0.2) is 18.2 Å². The number of nitrogens with zero attached hydrogens (tertiary/aromatic N) is 1. The monoisotopic (exact) mass is 304 g/mol. The Kier molecular flexibility index (Phi) is 5.51. The van der Waals surface area contributed by atoms with Crippen LogP contribution in [0.1, 0.15) is 57.7 Å². The molecule has 22 heavy (non-hydrogen) atoms. The number of hydrogen-bond donors (Lipinski definition) is 1. The molecule has 1 fully saturated rings. The molecular formula is C19H32N2O. The lowest BCUT2D eigenvalue weighted by Gasteiger charge is -2.43. The second-order valence-electron chi connectivity index (χ2n) is 7.71. The predicted molar refractivity (Wildman–Crippen MR) is 93.7 cm³/mol. The van der Waals surface area contributed by atoms with E-state index in [-0.39, 0.29) is 5.41 Å².